The predicted octanol–water partition coefficient (Wildman–Crippen LogP) is 0.212. The third kappa shape index (κ3) is 2.67. The Morgan fingerprint density at radius 1 is 1.62 bits per heavy atom. The fourth-order valence-corrected chi connectivity index (χ4v) is 1.31. The number of aliphatic hydroxyl groups excluding tert-OH is 1. The second-order valence-corrected chi connectivity index (χ2v) is 3.84. The first-order chi connectivity index (χ1) is 6.13. The van der Waals surface area contributed by atoms with Crippen molar-refractivity contribution in [2.45, 2.75) is 32.2 Å². The Bertz CT molecular complexity index is 189. The molecule has 76 valence electrons. The molecular formula is C9H17NO3. The van der Waals surface area contributed by atoms with Crippen LogP contribution in [0.4, 0.5) is 0 Å². The van der Waals surface area contributed by atoms with Crippen LogP contribution in [-0.4, -0.2) is 35.4 Å². The van der Waals surface area contributed by atoms with Crippen LogP contribution in [0, 0.1) is 5.41 Å². The molecule has 1 fully saturated rings. The van der Waals surface area contributed by atoms with Crippen molar-refractivity contribution in [3.8, 4) is 0 Å². The summed E-state index contributed by atoms with van der Waals surface area (Å²) in [5.41, 5.74) is -0.0110. The fourth-order valence-electron chi connectivity index (χ4n) is 1.31. The molecule has 3 N–H and O–H groups in total. The standard InChI is InChI=1S/C9H17NO3/c1-2-7(8(12)13)10-5-9(6-11)3-4-9/h7,10-11H,2-6H2,1H3,(H,12,13). The summed E-state index contributed by atoms with van der Waals surface area (Å²) >= 11 is 0. The minimum Gasteiger partial charge on any atom is -0.480 e. The van der Waals surface area contributed by atoms with Gasteiger partial charge >= 0.3 is 5.97 Å². The first-order valence-corrected chi connectivity index (χ1v) is 4.70. The molecule has 1 unspecified atom stereocenters. The molecule has 0 aromatic rings. The summed E-state index contributed by atoms with van der Waals surface area (Å²) < 4.78 is 0. The number of carbonyl (C=O) groups is 1. The number of rotatable bonds is 6. The lowest BCUT2D eigenvalue weighted by Gasteiger charge is -2.17. The highest BCUT2D eigenvalue weighted by molar-refractivity contribution is 5.73. The normalized spacial score (nSPS) is 21.1. The second-order valence-electron chi connectivity index (χ2n) is 3.84. The molecule has 0 aromatic heterocycles. The van der Waals surface area contributed by atoms with Gasteiger partial charge < -0.3 is 15.5 Å². The van der Waals surface area contributed by atoms with Crippen LogP contribution in [0.3, 0.4) is 0 Å². The van der Waals surface area contributed by atoms with E-state index in [0.29, 0.717) is 13.0 Å². The van der Waals surface area contributed by atoms with Crippen LogP contribution in [0.1, 0.15) is 26.2 Å². The molecule has 1 rings (SSSR count). The third-order valence-electron chi connectivity index (χ3n) is 2.72. The average molecular weight is 187 g/mol. The summed E-state index contributed by atoms with van der Waals surface area (Å²) in [6.45, 7) is 2.62. The Morgan fingerprint density at radius 3 is 2.54 bits per heavy atom. The molecule has 1 aliphatic carbocycles. The van der Waals surface area contributed by atoms with E-state index in [0.717, 1.165) is 12.8 Å². The van der Waals surface area contributed by atoms with Gasteiger partial charge in [-0.15, -0.1) is 0 Å². The van der Waals surface area contributed by atoms with E-state index < -0.39 is 12.0 Å². The lowest BCUT2D eigenvalue weighted by Crippen LogP contribution is -2.40. The monoisotopic (exact) mass is 187 g/mol. The minimum atomic E-state index is -0.809. The molecule has 0 radical (unpaired) electrons. The zero-order valence-electron chi connectivity index (χ0n) is 7.92. The van der Waals surface area contributed by atoms with Gasteiger partial charge in [-0.25, -0.2) is 0 Å². The Morgan fingerprint density at radius 2 is 2.23 bits per heavy atom. The number of aliphatic hydroxyl groups is 1. The van der Waals surface area contributed by atoms with E-state index in [4.69, 9.17) is 10.2 Å². The summed E-state index contributed by atoms with van der Waals surface area (Å²) in [4.78, 5) is 10.6. The van der Waals surface area contributed by atoms with Gasteiger partial charge in [0, 0.05) is 18.6 Å². The maximum atomic E-state index is 10.6. The number of carboxylic acids is 1. The smallest absolute Gasteiger partial charge is 0.320 e. The van der Waals surface area contributed by atoms with Gasteiger partial charge in [-0.3, -0.25) is 4.79 Å². The van der Waals surface area contributed by atoms with Crippen LogP contribution in [0.15, 0.2) is 0 Å². The summed E-state index contributed by atoms with van der Waals surface area (Å²) in [7, 11) is 0. The summed E-state index contributed by atoms with van der Waals surface area (Å²) in [5.74, 6) is -0.809. The van der Waals surface area contributed by atoms with Crippen molar-refractivity contribution in [2.24, 2.45) is 5.41 Å². The Hall–Kier alpha value is -0.610. The van der Waals surface area contributed by atoms with Gasteiger partial charge in [0.1, 0.15) is 6.04 Å². The van der Waals surface area contributed by atoms with Crippen LogP contribution in [0.25, 0.3) is 0 Å². The average Bonchev–Trinajstić information content (AvgIpc) is 2.86. The van der Waals surface area contributed by atoms with Gasteiger partial charge in [-0.1, -0.05) is 6.92 Å². The van der Waals surface area contributed by atoms with Crippen LogP contribution < -0.4 is 5.32 Å². The van der Waals surface area contributed by atoms with E-state index in [1.54, 1.807) is 0 Å². The zero-order valence-corrected chi connectivity index (χ0v) is 7.92. The van der Waals surface area contributed by atoms with Crippen LogP contribution in [0.5, 0.6) is 0 Å². The van der Waals surface area contributed by atoms with E-state index >= 15 is 0 Å². The van der Waals surface area contributed by atoms with Crippen molar-refractivity contribution in [3.63, 3.8) is 0 Å². The molecular weight excluding hydrogens is 170 g/mol. The molecule has 0 spiro atoms. The molecule has 1 saturated carbocycles. The van der Waals surface area contributed by atoms with Gasteiger partial charge in [0.15, 0.2) is 0 Å². The molecule has 0 aliphatic heterocycles. The van der Waals surface area contributed by atoms with Crippen LogP contribution >= 0.6 is 0 Å². The Labute approximate surface area is 78.0 Å². The highest BCUT2D eigenvalue weighted by Gasteiger charge is 2.42. The third-order valence-corrected chi connectivity index (χ3v) is 2.72. The largest absolute Gasteiger partial charge is 0.480 e. The van der Waals surface area contributed by atoms with Gasteiger partial charge in [0.2, 0.25) is 0 Å². The van der Waals surface area contributed by atoms with E-state index in [-0.39, 0.29) is 12.0 Å². The Balaban J connectivity index is 2.27. The van der Waals surface area contributed by atoms with Crippen molar-refractivity contribution in [2.75, 3.05) is 13.2 Å². The first kappa shape index (κ1) is 10.5. The van der Waals surface area contributed by atoms with Crippen molar-refractivity contribution in [3.05, 3.63) is 0 Å². The van der Waals surface area contributed by atoms with Crippen LogP contribution in [-0.2, 0) is 4.79 Å². The van der Waals surface area contributed by atoms with Gasteiger partial charge in [0.25, 0.3) is 0 Å². The molecule has 0 amide bonds. The van der Waals surface area contributed by atoms with E-state index in [2.05, 4.69) is 5.32 Å². The number of aliphatic carboxylic acids is 1. The maximum Gasteiger partial charge on any atom is 0.320 e. The highest BCUT2D eigenvalue weighted by Crippen LogP contribution is 2.44. The molecule has 4 heteroatoms. The molecule has 0 heterocycles. The SMILES string of the molecule is CCC(NCC1(CO)CC1)C(=O)O. The zero-order chi connectivity index (χ0) is 9.90. The number of nitrogens with one attached hydrogen (secondary N) is 1. The van der Waals surface area contributed by atoms with E-state index in [1.165, 1.54) is 0 Å². The molecule has 13 heavy (non-hydrogen) atoms. The maximum absolute atomic E-state index is 10.6. The van der Waals surface area contributed by atoms with Crippen LogP contribution in [0.2, 0.25) is 0 Å². The number of hydrogen-bond acceptors (Lipinski definition) is 3. The summed E-state index contributed by atoms with van der Waals surface area (Å²) in [6, 6.07) is -0.468. The Kier molecular flexibility index (Phi) is 3.27. The molecule has 0 bridgehead atoms. The number of carboxylic acid groups (broad SMARTS) is 1. The topological polar surface area (TPSA) is 69.6 Å². The van der Waals surface area contributed by atoms with Crippen molar-refractivity contribution in [1.82, 2.24) is 5.32 Å². The minimum absolute atomic E-state index is 0.0110. The molecule has 0 aromatic carbocycles. The second kappa shape index (κ2) is 4.07. The quantitative estimate of drug-likeness (QED) is 0.556. The van der Waals surface area contributed by atoms with Gasteiger partial charge in [0.05, 0.1) is 0 Å². The van der Waals surface area contributed by atoms with Crippen molar-refractivity contribution < 1.29 is 15.0 Å². The van der Waals surface area contributed by atoms with E-state index in [1.807, 2.05) is 6.92 Å². The van der Waals surface area contributed by atoms with Crippen molar-refractivity contribution >= 4 is 5.97 Å². The van der Waals surface area contributed by atoms with Gasteiger partial charge in [-0.2, -0.15) is 0 Å². The first-order valence-electron chi connectivity index (χ1n) is 4.70. The van der Waals surface area contributed by atoms with E-state index in [9.17, 15) is 4.79 Å². The van der Waals surface area contributed by atoms with Gasteiger partial charge in [-0.05, 0) is 19.3 Å². The molecule has 1 aliphatic rings. The summed E-state index contributed by atoms with van der Waals surface area (Å²) in [5, 5.41) is 20.7. The molecule has 4 nitrogen and oxygen atoms in total. The lowest BCUT2D eigenvalue weighted by atomic mass is 10.1. The molecule has 0 saturated heterocycles. The number of hydrogen-bond donors (Lipinski definition) is 3. The lowest BCUT2D eigenvalue weighted by molar-refractivity contribution is -0.139. The predicted molar refractivity (Wildman–Crippen MR) is 48.5 cm³/mol. The fraction of sp³-hybridized carbons (Fsp3) is 0.889. The van der Waals surface area contributed by atoms with Crippen molar-refractivity contribution in [1.29, 1.82) is 0 Å². The molecule has 1 atom stereocenters. The summed E-state index contributed by atoms with van der Waals surface area (Å²) in [6.07, 6.45) is 2.59. The highest BCUT2D eigenvalue weighted by atomic mass is 16.4.